The van der Waals surface area contributed by atoms with Crippen molar-refractivity contribution in [2.45, 2.75) is 0 Å². The summed E-state index contributed by atoms with van der Waals surface area (Å²) in [6.07, 6.45) is 0. The quantitative estimate of drug-likeness (QED) is 0.103. The van der Waals surface area contributed by atoms with Crippen molar-refractivity contribution < 1.29 is 132 Å². The Bertz CT molecular complexity index is 608. The third-order valence-electron chi connectivity index (χ3n) is 1.19. The van der Waals surface area contributed by atoms with Crippen LogP contribution < -0.4 is 19.6 Å². The SMILES string of the molecule is O=[P+]([O-])O[P+](=O)OCO.O=[P+]([O-])O[P+](=O)OCO.O=[P+]([O-])O[P+](=O)OCO.O=[P+]([O-])O[P+](=O)OCO.[Tc+4]. The standard InChI is InChI=1S/4CH3O6P2.Tc/c4*2-1-6-9(5)7-8(3)4;/h4*2H,1H2;/q4*+1;+4. The first-order valence-corrected chi connectivity index (χ1v) is 15.6. The van der Waals surface area contributed by atoms with Gasteiger partial charge in [-0.15, -0.1) is 0 Å². The average Bonchev–Trinajstić information content (AvgIpc) is 2.68. The minimum atomic E-state index is -3.17. The van der Waals surface area contributed by atoms with E-state index in [9.17, 15) is 56.1 Å². The molecular weight excluding hydrogens is 778 g/mol. The summed E-state index contributed by atoms with van der Waals surface area (Å²) in [7, 11) is -23.6. The molecule has 4 N–H and O–H groups in total. The molecule has 0 saturated heterocycles. The molecular formula is C4H12O24P8Tc+8. The van der Waals surface area contributed by atoms with Crippen LogP contribution in [-0.2, 0) is 92.0 Å². The van der Waals surface area contributed by atoms with Crippen LogP contribution in [0.3, 0.4) is 0 Å². The third kappa shape index (κ3) is 53.7. The van der Waals surface area contributed by atoms with E-state index in [1.54, 1.807) is 0 Å². The van der Waals surface area contributed by atoms with Crippen LogP contribution in [0.25, 0.3) is 0 Å². The molecule has 0 aromatic rings. The smallest absolute Gasteiger partial charge is 0.563 e. The van der Waals surface area contributed by atoms with E-state index in [1.165, 1.54) is 0 Å². The van der Waals surface area contributed by atoms with Crippen molar-refractivity contribution in [2.75, 3.05) is 27.2 Å². The zero-order valence-corrected chi connectivity index (χ0v) is 25.8. The van der Waals surface area contributed by atoms with E-state index in [2.05, 4.69) is 35.3 Å². The van der Waals surface area contributed by atoms with Crippen molar-refractivity contribution >= 4 is 66.0 Å². The normalized spacial score (nSPS) is 12.8. The Balaban J connectivity index is -0.000000122. The van der Waals surface area contributed by atoms with Crippen molar-refractivity contribution in [3.8, 4) is 0 Å². The minimum absolute atomic E-state index is 0. The van der Waals surface area contributed by atoms with Crippen LogP contribution in [0.15, 0.2) is 0 Å². The summed E-state index contributed by atoms with van der Waals surface area (Å²) in [5, 5.41) is 31.5. The van der Waals surface area contributed by atoms with Gasteiger partial charge in [0, 0.05) is 18.3 Å². The molecule has 211 valence electrons. The second-order valence-electron chi connectivity index (χ2n) is 3.15. The second kappa shape index (κ2) is 34.8. The molecule has 0 amide bonds. The van der Waals surface area contributed by atoms with Gasteiger partial charge in [-0.25, -0.2) is 0 Å². The molecule has 8 atom stereocenters. The van der Waals surface area contributed by atoms with Gasteiger partial charge in [0.1, 0.15) is 17.2 Å². The number of hydrogen-bond acceptors (Lipinski definition) is 24. The zero-order chi connectivity index (χ0) is 29.1. The van der Waals surface area contributed by atoms with Gasteiger partial charge >= 0.3 is 86.1 Å². The van der Waals surface area contributed by atoms with E-state index in [4.69, 9.17) is 20.4 Å². The van der Waals surface area contributed by atoms with Crippen LogP contribution in [0.2, 0.25) is 0 Å². The molecule has 0 aliphatic heterocycles. The number of aliphatic hydroxyl groups excluding tert-OH is 4. The summed E-state index contributed by atoms with van der Waals surface area (Å²) >= 11 is 0. The van der Waals surface area contributed by atoms with Gasteiger partial charge in [-0.2, -0.15) is 0 Å². The Morgan fingerprint density at radius 2 is 0.541 bits per heavy atom. The summed E-state index contributed by atoms with van der Waals surface area (Å²) in [5.41, 5.74) is 0. The summed E-state index contributed by atoms with van der Waals surface area (Å²) in [4.78, 5) is 38.2. The molecule has 0 aliphatic rings. The first kappa shape index (κ1) is 47.6. The molecule has 37 heavy (non-hydrogen) atoms. The first-order chi connectivity index (χ1) is 16.7. The van der Waals surface area contributed by atoms with Crippen LogP contribution in [0.5, 0.6) is 0 Å². The summed E-state index contributed by atoms with van der Waals surface area (Å²) < 4.78 is 108. The molecule has 0 saturated carbocycles. The average molecular weight is 790 g/mol. The van der Waals surface area contributed by atoms with Gasteiger partial charge in [0.05, 0.1) is 0 Å². The summed E-state index contributed by atoms with van der Waals surface area (Å²) in [6, 6.07) is 0. The molecule has 8 unspecified atom stereocenters. The molecule has 1 radical (unpaired) electrons. The maximum absolute atomic E-state index is 10.0. The van der Waals surface area contributed by atoms with Gasteiger partial charge in [0.2, 0.25) is 27.2 Å². The molecule has 0 bridgehead atoms. The number of hydrogen-bond donors (Lipinski definition) is 4. The van der Waals surface area contributed by atoms with Crippen molar-refractivity contribution in [1.29, 1.82) is 0 Å². The Labute approximate surface area is 225 Å². The summed E-state index contributed by atoms with van der Waals surface area (Å²) in [6.45, 7) is -3.34. The monoisotopic (exact) mass is 789 g/mol. The fourth-order valence-electron chi connectivity index (χ4n) is 0.501. The van der Waals surface area contributed by atoms with Crippen molar-refractivity contribution in [1.82, 2.24) is 0 Å². The Morgan fingerprint density at radius 3 is 0.622 bits per heavy atom. The van der Waals surface area contributed by atoms with Crippen molar-refractivity contribution in [3.63, 3.8) is 0 Å². The molecule has 0 aliphatic carbocycles. The van der Waals surface area contributed by atoms with E-state index in [1.807, 2.05) is 0 Å². The van der Waals surface area contributed by atoms with Crippen molar-refractivity contribution in [2.24, 2.45) is 0 Å². The van der Waals surface area contributed by atoms with Gasteiger partial charge in [-0.05, 0) is 18.3 Å². The second-order valence-corrected chi connectivity index (χ2v) is 10.4. The van der Waals surface area contributed by atoms with Gasteiger partial charge < -0.3 is 40.0 Å². The Kier molecular flexibility index (Phi) is 44.8. The largest absolute Gasteiger partial charge is 4.00 e. The maximum Gasteiger partial charge on any atom is 4.00 e. The number of aliphatic hydroxyl groups is 4. The van der Waals surface area contributed by atoms with E-state index in [-0.39, 0.29) is 20.1 Å². The van der Waals surface area contributed by atoms with Gasteiger partial charge in [0.25, 0.3) is 0 Å². The third-order valence-corrected chi connectivity index (χ3v) is 6.76. The van der Waals surface area contributed by atoms with E-state index in [0.29, 0.717) is 0 Å². The van der Waals surface area contributed by atoms with Gasteiger partial charge in [0.15, 0.2) is 0 Å². The zero-order valence-electron chi connectivity index (χ0n) is 16.7. The number of rotatable bonds is 16. The predicted octanol–water partition coefficient (Wildman–Crippen LogP) is -1.42. The molecule has 0 fully saturated rings. The van der Waals surface area contributed by atoms with E-state index >= 15 is 0 Å². The van der Waals surface area contributed by atoms with Gasteiger partial charge in [-0.1, -0.05) is 18.1 Å². The fraction of sp³-hybridized carbons (Fsp3) is 1.00. The van der Waals surface area contributed by atoms with Crippen LogP contribution in [0, 0.1) is 0 Å². The molecule has 33 heteroatoms. The molecule has 24 nitrogen and oxygen atoms in total. The van der Waals surface area contributed by atoms with Crippen LogP contribution in [0.4, 0.5) is 0 Å². The molecule has 0 rings (SSSR count). The van der Waals surface area contributed by atoms with Crippen LogP contribution in [0.1, 0.15) is 0 Å². The first-order valence-electron chi connectivity index (χ1n) is 6.80. The van der Waals surface area contributed by atoms with Crippen LogP contribution >= 0.6 is 66.0 Å². The van der Waals surface area contributed by atoms with E-state index < -0.39 is 93.2 Å². The minimum Gasteiger partial charge on any atom is -0.563 e. The Morgan fingerprint density at radius 1 is 0.405 bits per heavy atom. The van der Waals surface area contributed by atoms with Gasteiger partial charge in [-0.3, -0.25) is 0 Å². The van der Waals surface area contributed by atoms with E-state index in [0.717, 1.165) is 0 Å². The van der Waals surface area contributed by atoms with Crippen LogP contribution in [-0.4, -0.2) is 47.6 Å². The molecule has 0 heterocycles. The molecule has 0 aromatic carbocycles. The Hall–Kier alpha value is 0.809. The predicted molar refractivity (Wildman–Crippen MR) is 97.9 cm³/mol. The molecule has 0 aromatic heterocycles. The summed E-state index contributed by atoms with van der Waals surface area (Å²) in [5.74, 6) is 0. The van der Waals surface area contributed by atoms with Crippen molar-refractivity contribution in [3.05, 3.63) is 0 Å². The maximum atomic E-state index is 10.0. The molecule has 0 spiro atoms. The fourth-order valence-corrected chi connectivity index (χ4v) is 3.37. The topological polar surface area (TPSA) is 384 Å².